The second-order valence-corrected chi connectivity index (χ2v) is 36.2. The molecule has 548 valence electrons. The van der Waals surface area contributed by atoms with E-state index in [9.17, 15) is 45.9 Å². The first kappa shape index (κ1) is 78.0. The molecule has 3 saturated heterocycles. The van der Waals surface area contributed by atoms with Crippen molar-refractivity contribution in [3.05, 3.63) is 165 Å². The molecule has 102 heavy (non-hydrogen) atoms. The maximum absolute atomic E-state index is 14.5. The number of aryl methyl sites for hydroxylation is 1. The zero-order valence-electron chi connectivity index (χ0n) is 60.2. The van der Waals surface area contributed by atoms with Crippen molar-refractivity contribution in [2.75, 3.05) is 108 Å². The number of Topliss-reactive ketones (excluding diaryl/α,β-unsaturated/α-hetero) is 2. The number of β-amino-alcohol motifs (C(OH)–C–C–N with tert-alkyl or cyclic N) is 1. The lowest BCUT2D eigenvalue weighted by Crippen LogP contribution is -2.50. The highest BCUT2D eigenvalue weighted by molar-refractivity contribution is 7.99. The van der Waals surface area contributed by atoms with Gasteiger partial charge in [0, 0.05) is 131 Å². The van der Waals surface area contributed by atoms with E-state index in [-0.39, 0.29) is 88.5 Å². The Kier molecular flexibility index (Phi) is 26.4. The van der Waals surface area contributed by atoms with Gasteiger partial charge in [0.1, 0.15) is 17.6 Å². The van der Waals surface area contributed by atoms with E-state index in [1.807, 2.05) is 114 Å². The predicted molar refractivity (Wildman–Crippen MR) is 407 cm³/mol. The smallest absolute Gasteiger partial charge is 0.243 e. The lowest BCUT2D eigenvalue weighted by molar-refractivity contribution is -0.146. The highest BCUT2D eigenvalue weighted by Crippen LogP contribution is 2.44. The molecule has 0 spiro atoms. The third-order valence-corrected chi connectivity index (χ3v) is 26.0. The molecular weight excluding hydrogens is 1390 g/mol. The number of aliphatic hydroxyl groups excluding tert-OH is 1. The van der Waals surface area contributed by atoms with E-state index in [1.54, 1.807) is 46.2 Å². The number of piperazine rings is 1. The van der Waals surface area contributed by atoms with Crippen LogP contribution in [0.2, 0.25) is 5.02 Å². The maximum Gasteiger partial charge on any atom is 0.243 e. The van der Waals surface area contributed by atoms with Crippen molar-refractivity contribution in [1.29, 1.82) is 0 Å². The molecule has 18 nitrogen and oxygen atoms in total. The summed E-state index contributed by atoms with van der Waals surface area (Å²) in [5.41, 5.74) is 9.23. The lowest BCUT2D eigenvalue weighted by atomic mass is 9.71. The Labute approximate surface area is 616 Å². The molecule has 23 heteroatoms. The summed E-state index contributed by atoms with van der Waals surface area (Å²) in [7, 11) is -6.26. The molecule has 3 fully saturated rings. The summed E-state index contributed by atoms with van der Waals surface area (Å²) >= 11 is 9.68. The minimum atomic E-state index is -4.24. The predicted octanol–water partition coefficient (Wildman–Crippen LogP) is 12.4. The molecular formula is C79H100ClN7O11S4. The number of nitrogens with one attached hydrogen (secondary N) is 1. The summed E-state index contributed by atoms with van der Waals surface area (Å²) in [5, 5.41) is 14.6. The maximum atomic E-state index is 14.5. The van der Waals surface area contributed by atoms with E-state index in [0.29, 0.717) is 56.3 Å². The number of carbonyl (C=O) groups is 5. The van der Waals surface area contributed by atoms with Crippen molar-refractivity contribution in [3.63, 3.8) is 0 Å². The van der Waals surface area contributed by atoms with E-state index in [2.05, 4.69) is 56.2 Å². The van der Waals surface area contributed by atoms with E-state index in [1.165, 1.54) is 28.2 Å². The van der Waals surface area contributed by atoms with Gasteiger partial charge in [-0.25, -0.2) is 21.8 Å². The number of thiazole rings is 1. The van der Waals surface area contributed by atoms with Gasteiger partial charge in [0.15, 0.2) is 25.5 Å². The number of morpholine rings is 1. The van der Waals surface area contributed by atoms with Gasteiger partial charge in [-0.05, 0) is 164 Å². The van der Waals surface area contributed by atoms with Crippen LogP contribution in [0.5, 0.6) is 0 Å². The largest absolute Gasteiger partial charge is 0.391 e. The number of amides is 3. The molecule has 1 aromatic heterocycles. The van der Waals surface area contributed by atoms with Crippen LogP contribution in [0.3, 0.4) is 0 Å². The number of hydrogen-bond acceptors (Lipinski definition) is 17. The zero-order valence-corrected chi connectivity index (χ0v) is 64.2. The Morgan fingerprint density at radius 1 is 0.863 bits per heavy atom. The molecule has 0 saturated carbocycles. The summed E-state index contributed by atoms with van der Waals surface area (Å²) in [6.07, 6.45) is 4.56. The number of hydrogen-bond donors (Lipinski definition) is 2. The number of ketones is 2. The van der Waals surface area contributed by atoms with Crippen molar-refractivity contribution in [1.82, 2.24) is 29.9 Å². The number of halogens is 1. The quantitative estimate of drug-likeness (QED) is 0.0316. The van der Waals surface area contributed by atoms with Crippen LogP contribution in [-0.4, -0.2) is 191 Å². The van der Waals surface area contributed by atoms with Gasteiger partial charge in [-0.3, -0.25) is 33.8 Å². The average Bonchev–Trinajstić information content (AvgIpc) is 1.18. The monoisotopic (exact) mass is 1490 g/mol. The Balaban J connectivity index is 0.704. The number of benzene rings is 5. The molecule has 0 radical (unpaired) electrons. The van der Waals surface area contributed by atoms with E-state index in [0.717, 1.165) is 115 Å². The second-order valence-electron chi connectivity index (χ2n) is 29.8. The first-order chi connectivity index (χ1) is 48.5. The van der Waals surface area contributed by atoms with Crippen LogP contribution in [-0.2, 0) is 50.0 Å². The van der Waals surface area contributed by atoms with Crippen molar-refractivity contribution in [3.8, 4) is 10.4 Å². The number of likely N-dealkylation sites (tertiary alicyclic amines) is 1. The molecule has 1 aliphatic carbocycles. The van der Waals surface area contributed by atoms with Gasteiger partial charge in [-0.1, -0.05) is 106 Å². The fourth-order valence-corrected chi connectivity index (χ4v) is 19.0. The van der Waals surface area contributed by atoms with Gasteiger partial charge in [0.2, 0.25) is 17.7 Å². The van der Waals surface area contributed by atoms with Crippen LogP contribution in [0, 0.1) is 29.6 Å². The van der Waals surface area contributed by atoms with Crippen molar-refractivity contribution in [2.24, 2.45) is 22.7 Å². The fraction of sp³-hybridized carbons (Fsp3) is 0.494. The van der Waals surface area contributed by atoms with Gasteiger partial charge in [-0.15, -0.1) is 23.1 Å². The van der Waals surface area contributed by atoms with Gasteiger partial charge in [0.25, 0.3) is 0 Å². The van der Waals surface area contributed by atoms with E-state index >= 15 is 0 Å². The topological polar surface area (TPSA) is 224 Å². The molecule has 6 atom stereocenters. The summed E-state index contributed by atoms with van der Waals surface area (Å²) in [6.45, 7) is 19.9. The minimum absolute atomic E-state index is 0.00972. The molecule has 5 aromatic carbocycles. The number of aromatic nitrogens is 1. The number of carbonyl (C=O) groups excluding carboxylic acids is 5. The van der Waals surface area contributed by atoms with Crippen LogP contribution in [0.1, 0.15) is 131 Å². The highest BCUT2D eigenvalue weighted by Gasteiger charge is 2.45. The summed E-state index contributed by atoms with van der Waals surface area (Å²) in [5.74, 6) is -2.22. The fourth-order valence-electron chi connectivity index (χ4n) is 14.7. The molecule has 4 aliphatic rings. The summed E-state index contributed by atoms with van der Waals surface area (Å²) in [6, 6.07) is 36.0. The number of rotatable bonds is 30. The molecule has 2 N–H and O–H groups in total. The van der Waals surface area contributed by atoms with Gasteiger partial charge in [0.05, 0.1) is 51.2 Å². The number of thioether (sulfide) groups is 1. The van der Waals surface area contributed by atoms with Crippen molar-refractivity contribution >= 4 is 94.9 Å². The Hall–Kier alpha value is -6.60. The van der Waals surface area contributed by atoms with E-state index < -0.39 is 54.7 Å². The minimum Gasteiger partial charge on any atom is -0.391 e. The Morgan fingerprint density at radius 3 is 2.21 bits per heavy atom. The standard InChI is InChI=1S/C79H100ClN7O11S4/c1-54(57-17-19-60(20-18-57)75-55(2)81-53-100-75)82-76(92)71-45-66(89)49-87(71)77(93)70(78(3,4)5)44-65(88)13-12-16-74(91)83(7)52-79(6)33-31-69(58-21-26-63(80)27-22-58)62(47-79)48-85-35-37-86(38-36-85)64-28-23-59(24-29-64)72(90)51-102(96,97)68-30-25-61(73(46-68)101(8,94)95)43-56(32-34-84-39-41-98-42-40-84)50-99-67-14-10-9-11-15-67/h9-11,14-15,17-30,46,53-54,56,66,70-71,89H,12-13,16,31-45,47-52H2,1-8H3,(H,82,92)/t54-,56-,66+,70+,71-,79?/m0/s1. The van der Waals surface area contributed by atoms with Crippen LogP contribution >= 0.6 is 34.7 Å². The first-order valence-electron chi connectivity index (χ1n) is 35.7. The first-order valence-corrected chi connectivity index (χ1v) is 41.4. The second kappa shape index (κ2) is 34.5. The molecule has 1 unspecified atom stereocenters. The zero-order chi connectivity index (χ0) is 73.1. The van der Waals surface area contributed by atoms with E-state index in [4.69, 9.17) is 16.3 Å². The van der Waals surface area contributed by atoms with Gasteiger partial charge < -0.3 is 29.9 Å². The van der Waals surface area contributed by atoms with Gasteiger partial charge >= 0.3 is 0 Å². The molecule has 3 aliphatic heterocycles. The molecule has 3 amide bonds. The van der Waals surface area contributed by atoms with Crippen molar-refractivity contribution in [2.45, 2.75) is 139 Å². The van der Waals surface area contributed by atoms with Gasteiger partial charge in [-0.2, -0.15) is 0 Å². The Morgan fingerprint density at radius 2 is 1.55 bits per heavy atom. The van der Waals surface area contributed by atoms with Crippen LogP contribution in [0.25, 0.3) is 16.0 Å². The third-order valence-electron chi connectivity index (χ3n) is 20.7. The van der Waals surface area contributed by atoms with Crippen LogP contribution in [0.4, 0.5) is 5.69 Å². The van der Waals surface area contributed by atoms with Crippen LogP contribution in [0.15, 0.2) is 147 Å². The Bertz CT molecular complexity index is 4170. The SMILES string of the molecule is Cc1ncsc1-c1ccc([C@H](C)NC(=O)[C@@H]2C[C@@H](O)CN2C(=O)[C@@H](CC(=O)CCCC(=O)N(C)CC2(C)CCC(c3ccc(Cl)cc3)=C(CN3CCN(c4ccc(C(=O)CS(=O)(=O)c5ccc(C[C@H](CCN6CCOCC6)CSc6ccccc6)c(S(C)(=O)=O)c5)cc4)CC3)C2)C(C)(C)C)cc1. The molecule has 6 aromatic rings. The number of allylic oxidation sites excluding steroid dienone is 1. The summed E-state index contributed by atoms with van der Waals surface area (Å²) in [4.78, 5) is 86.6. The van der Waals surface area contributed by atoms with Crippen molar-refractivity contribution < 1.29 is 50.7 Å². The number of nitrogens with zero attached hydrogens (tertiary/aromatic N) is 6. The highest BCUT2D eigenvalue weighted by atomic mass is 35.5. The number of anilines is 1. The summed E-state index contributed by atoms with van der Waals surface area (Å²) < 4.78 is 60.4. The lowest BCUT2D eigenvalue weighted by Gasteiger charge is -2.42. The normalized spacial score (nSPS) is 19.7. The molecule has 0 bridgehead atoms. The number of aliphatic hydroxyl groups is 1. The van der Waals surface area contributed by atoms with Crippen LogP contribution < -0.4 is 10.2 Å². The molecule has 10 rings (SSSR count). The number of sulfone groups is 2. The molecule has 4 heterocycles. The third kappa shape index (κ3) is 20.9. The average molecular weight is 1490 g/mol. The number of ether oxygens (including phenoxy) is 1.